The monoisotopic (exact) mass is 270 g/mol. The Hall–Kier alpha value is -2.89. The van der Waals surface area contributed by atoms with Gasteiger partial charge in [-0.1, -0.05) is 12.1 Å². The van der Waals surface area contributed by atoms with Crippen molar-refractivity contribution >= 4 is 22.8 Å². The van der Waals surface area contributed by atoms with Gasteiger partial charge < -0.3 is 11.1 Å². The van der Waals surface area contributed by atoms with E-state index in [1.807, 2.05) is 0 Å². The van der Waals surface area contributed by atoms with Crippen LogP contribution in [-0.4, -0.2) is 15.5 Å². The van der Waals surface area contributed by atoms with Gasteiger partial charge in [0, 0.05) is 6.20 Å². The summed E-state index contributed by atoms with van der Waals surface area (Å²) in [5, 5.41) is 6.54. The lowest BCUT2D eigenvalue weighted by Gasteiger charge is -2.08. The predicted molar refractivity (Wildman–Crippen MR) is 74.0 cm³/mol. The van der Waals surface area contributed by atoms with Crippen molar-refractivity contribution in [2.24, 2.45) is 0 Å². The first-order valence-corrected chi connectivity index (χ1v) is 5.94. The Morgan fingerprint density at radius 3 is 2.90 bits per heavy atom. The number of nitrogens with one attached hydrogen (secondary N) is 1. The number of fused-ring (bicyclic) bond motifs is 1. The molecule has 0 aliphatic rings. The first-order valence-electron chi connectivity index (χ1n) is 5.94. The van der Waals surface area contributed by atoms with Crippen LogP contribution in [0.5, 0.6) is 0 Å². The highest BCUT2D eigenvalue weighted by molar-refractivity contribution is 6.09. The van der Waals surface area contributed by atoms with Crippen LogP contribution in [0.25, 0.3) is 5.52 Å². The number of hydrogen-bond acceptors (Lipinski definition) is 3. The second kappa shape index (κ2) is 4.65. The Morgan fingerprint density at radius 2 is 2.10 bits per heavy atom. The quantitative estimate of drug-likeness (QED) is 0.702. The first-order chi connectivity index (χ1) is 9.66. The van der Waals surface area contributed by atoms with Gasteiger partial charge >= 0.3 is 0 Å². The van der Waals surface area contributed by atoms with E-state index in [0.717, 1.165) is 0 Å². The normalized spacial score (nSPS) is 10.7. The summed E-state index contributed by atoms with van der Waals surface area (Å²) < 4.78 is 15.2. The van der Waals surface area contributed by atoms with E-state index in [1.165, 1.54) is 24.4 Å². The molecule has 0 unspecified atom stereocenters. The molecule has 0 spiro atoms. The maximum Gasteiger partial charge on any atom is 0.259 e. The van der Waals surface area contributed by atoms with Crippen LogP contribution in [-0.2, 0) is 0 Å². The number of carbonyl (C=O) groups is 1. The van der Waals surface area contributed by atoms with Gasteiger partial charge in [-0.15, -0.1) is 0 Å². The second-order valence-corrected chi connectivity index (χ2v) is 4.25. The number of aromatic nitrogens is 2. The highest BCUT2D eigenvalue weighted by Gasteiger charge is 2.15. The minimum Gasteiger partial charge on any atom is -0.397 e. The van der Waals surface area contributed by atoms with Gasteiger partial charge in [0.1, 0.15) is 11.5 Å². The zero-order valence-corrected chi connectivity index (χ0v) is 10.4. The van der Waals surface area contributed by atoms with Crippen LogP contribution in [0, 0.1) is 5.82 Å². The summed E-state index contributed by atoms with van der Waals surface area (Å²) >= 11 is 0. The van der Waals surface area contributed by atoms with Crippen molar-refractivity contribution in [3.8, 4) is 0 Å². The fourth-order valence-corrected chi connectivity index (χ4v) is 1.96. The molecule has 0 aliphatic carbocycles. The van der Waals surface area contributed by atoms with Crippen molar-refractivity contribution in [3.63, 3.8) is 0 Å². The van der Waals surface area contributed by atoms with Crippen molar-refractivity contribution in [1.29, 1.82) is 0 Å². The van der Waals surface area contributed by atoms with E-state index in [1.54, 1.807) is 28.9 Å². The van der Waals surface area contributed by atoms with Gasteiger partial charge in [-0.25, -0.2) is 8.91 Å². The molecule has 3 aromatic rings. The third-order valence-corrected chi connectivity index (χ3v) is 2.96. The van der Waals surface area contributed by atoms with E-state index in [0.29, 0.717) is 11.1 Å². The summed E-state index contributed by atoms with van der Waals surface area (Å²) in [6.45, 7) is 0. The van der Waals surface area contributed by atoms with Crippen molar-refractivity contribution in [3.05, 3.63) is 60.2 Å². The molecule has 3 N–H and O–H groups in total. The van der Waals surface area contributed by atoms with Crippen LogP contribution in [0.15, 0.2) is 48.8 Å². The maximum atomic E-state index is 13.7. The third kappa shape index (κ3) is 1.97. The van der Waals surface area contributed by atoms with Gasteiger partial charge in [-0.2, -0.15) is 5.10 Å². The molecule has 20 heavy (non-hydrogen) atoms. The van der Waals surface area contributed by atoms with Gasteiger partial charge in [0.05, 0.1) is 23.0 Å². The summed E-state index contributed by atoms with van der Waals surface area (Å²) in [7, 11) is 0. The second-order valence-electron chi connectivity index (χ2n) is 4.25. The fraction of sp³-hybridized carbons (Fsp3) is 0. The molecule has 0 bridgehead atoms. The number of halogens is 1. The number of nitrogen functional groups attached to an aromatic ring is 1. The van der Waals surface area contributed by atoms with Crippen LogP contribution in [0.4, 0.5) is 15.8 Å². The highest BCUT2D eigenvalue weighted by Crippen LogP contribution is 2.23. The lowest BCUT2D eigenvalue weighted by molar-refractivity contribution is 0.102. The Labute approximate surface area is 113 Å². The predicted octanol–water partition coefficient (Wildman–Crippen LogP) is 2.31. The molecule has 2 heterocycles. The van der Waals surface area contributed by atoms with Crippen LogP contribution >= 0.6 is 0 Å². The molecule has 5 nitrogen and oxygen atoms in total. The Kier molecular flexibility index (Phi) is 2.83. The van der Waals surface area contributed by atoms with Gasteiger partial charge in [0.25, 0.3) is 5.91 Å². The van der Waals surface area contributed by atoms with Crippen molar-refractivity contribution in [1.82, 2.24) is 9.61 Å². The lowest BCUT2D eigenvalue weighted by atomic mass is 10.2. The number of rotatable bonds is 2. The SMILES string of the molecule is Nc1cccc(F)c1NC(=O)c1cnn2ccccc12. The minimum absolute atomic E-state index is 0.0206. The van der Waals surface area contributed by atoms with Crippen molar-refractivity contribution in [2.75, 3.05) is 11.1 Å². The van der Waals surface area contributed by atoms with Crippen LogP contribution < -0.4 is 11.1 Å². The number of nitrogens with zero attached hydrogens (tertiary/aromatic N) is 2. The molecule has 1 aromatic carbocycles. The number of pyridine rings is 1. The third-order valence-electron chi connectivity index (χ3n) is 2.96. The van der Waals surface area contributed by atoms with E-state index in [9.17, 15) is 9.18 Å². The smallest absolute Gasteiger partial charge is 0.259 e. The number of carbonyl (C=O) groups excluding carboxylic acids is 1. The summed E-state index contributed by atoms with van der Waals surface area (Å²) in [6.07, 6.45) is 3.16. The number of nitrogens with two attached hydrogens (primary N) is 1. The van der Waals surface area contributed by atoms with Crippen molar-refractivity contribution in [2.45, 2.75) is 0 Å². The number of benzene rings is 1. The van der Waals surface area contributed by atoms with E-state index >= 15 is 0 Å². The topological polar surface area (TPSA) is 72.4 Å². The van der Waals surface area contributed by atoms with Gasteiger partial charge in [0.2, 0.25) is 0 Å². The fourth-order valence-electron chi connectivity index (χ4n) is 1.96. The van der Waals surface area contributed by atoms with Crippen LogP contribution in [0.2, 0.25) is 0 Å². The molecule has 2 aromatic heterocycles. The first kappa shape index (κ1) is 12.2. The summed E-state index contributed by atoms with van der Waals surface area (Å²) in [6, 6.07) is 9.60. The van der Waals surface area contributed by atoms with Crippen LogP contribution in [0.1, 0.15) is 10.4 Å². The van der Waals surface area contributed by atoms with E-state index in [4.69, 9.17) is 5.73 Å². The summed E-state index contributed by atoms with van der Waals surface area (Å²) in [5.74, 6) is -1.03. The Bertz CT molecular complexity index is 776. The molecule has 0 aliphatic heterocycles. The molecule has 0 saturated carbocycles. The Morgan fingerprint density at radius 1 is 1.25 bits per heavy atom. The molecular weight excluding hydrogens is 259 g/mol. The molecule has 3 rings (SSSR count). The zero-order valence-electron chi connectivity index (χ0n) is 10.4. The average Bonchev–Trinajstić information content (AvgIpc) is 2.87. The average molecular weight is 270 g/mol. The summed E-state index contributed by atoms with van der Waals surface area (Å²) in [5.41, 5.74) is 6.81. The number of para-hydroxylation sites is 1. The van der Waals surface area contributed by atoms with E-state index < -0.39 is 11.7 Å². The number of hydrogen-bond donors (Lipinski definition) is 2. The number of anilines is 2. The molecule has 1 amide bonds. The van der Waals surface area contributed by atoms with Gasteiger partial charge in [0.15, 0.2) is 0 Å². The Balaban J connectivity index is 1.98. The molecule has 100 valence electrons. The number of amides is 1. The van der Waals surface area contributed by atoms with E-state index in [-0.39, 0.29) is 11.4 Å². The standard InChI is InChI=1S/C14H11FN4O/c15-10-4-3-5-11(16)13(10)18-14(20)9-8-17-19-7-2-1-6-12(9)19/h1-8H,16H2,(H,18,20). The molecule has 0 radical (unpaired) electrons. The van der Waals surface area contributed by atoms with Gasteiger partial charge in [-0.3, -0.25) is 4.79 Å². The highest BCUT2D eigenvalue weighted by atomic mass is 19.1. The minimum atomic E-state index is -0.574. The molecular formula is C14H11FN4O. The largest absolute Gasteiger partial charge is 0.397 e. The molecule has 0 saturated heterocycles. The van der Waals surface area contributed by atoms with Crippen LogP contribution in [0.3, 0.4) is 0 Å². The van der Waals surface area contributed by atoms with E-state index in [2.05, 4.69) is 10.4 Å². The maximum absolute atomic E-state index is 13.7. The lowest BCUT2D eigenvalue weighted by Crippen LogP contribution is -2.14. The summed E-state index contributed by atoms with van der Waals surface area (Å²) in [4.78, 5) is 12.2. The molecule has 0 fully saturated rings. The van der Waals surface area contributed by atoms with Gasteiger partial charge in [-0.05, 0) is 24.3 Å². The molecule has 6 heteroatoms. The zero-order chi connectivity index (χ0) is 14.1. The molecule has 0 atom stereocenters. The van der Waals surface area contributed by atoms with Crippen molar-refractivity contribution < 1.29 is 9.18 Å².